The van der Waals surface area contributed by atoms with Crippen molar-refractivity contribution in [1.29, 1.82) is 0 Å². The number of carboxylic acid groups (broad SMARTS) is 1. The molecule has 0 saturated heterocycles. The largest absolute Gasteiger partial charge is 0.508 e. The summed E-state index contributed by atoms with van der Waals surface area (Å²) in [6, 6.07) is 3.71. The topological polar surface area (TPSA) is 66.8 Å². The van der Waals surface area contributed by atoms with Crippen molar-refractivity contribution in [3.8, 4) is 11.5 Å². The maximum Gasteiger partial charge on any atom is 0.430 e. The average molecular weight is 545 g/mol. The first-order chi connectivity index (χ1) is 13.7. The standard InChI is InChI=1S/C11H4Cl3F3O3.C6H3Cl3O/c12-5-2-6-3(7(13)8(5)14)1-4(10(18)19)9(20-6)11(15,16)17;7-4-1-3(10)2-5(8)6(4)9/h1-2,9H,(H,18,19);1-2,10H. The molecule has 2 aromatic rings. The first-order valence-corrected chi connectivity index (χ1v) is 9.70. The lowest BCUT2D eigenvalue weighted by atomic mass is 10.0. The third-order valence-electron chi connectivity index (χ3n) is 3.50. The van der Waals surface area contributed by atoms with Gasteiger partial charge in [-0.1, -0.05) is 69.6 Å². The van der Waals surface area contributed by atoms with Gasteiger partial charge in [0.15, 0.2) is 0 Å². The Labute approximate surface area is 197 Å². The molecule has 2 aromatic carbocycles. The number of hydrogen-bond donors (Lipinski definition) is 2. The third-order valence-corrected chi connectivity index (χ3v) is 5.98. The van der Waals surface area contributed by atoms with Gasteiger partial charge in [-0.25, -0.2) is 4.79 Å². The highest BCUT2D eigenvalue weighted by molar-refractivity contribution is 6.49. The molecular weight excluding hydrogens is 538 g/mol. The number of aromatic hydroxyl groups is 1. The maximum atomic E-state index is 12.8. The van der Waals surface area contributed by atoms with Crippen molar-refractivity contribution in [3.63, 3.8) is 0 Å². The lowest BCUT2D eigenvalue weighted by Crippen LogP contribution is -2.40. The zero-order valence-electron chi connectivity index (χ0n) is 14.0. The number of phenolic OH excluding ortho intramolecular Hbond substituents is 1. The number of phenols is 1. The summed E-state index contributed by atoms with van der Waals surface area (Å²) in [5.41, 5.74) is -1.04. The van der Waals surface area contributed by atoms with E-state index in [2.05, 4.69) is 4.74 Å². The van der Waals surface area contributed by atoms with Crippen molar-refractivity contribution in [1.82, 2.24) is 0 Å². The highest BCUT2D eigenvalue weighted by atomic mass is 35.5. The first kappa shape index (κ1) is 25.0. The molecule has 1 heterocycles. The van der Waals surface area contributed by atoms with Gasteiger partial charge in [-0.3, -0.25) is 0 Å². The van der Waals surface area contributed by atoms with Gasteiger partial charge in [-0.15, -0.1) is 0 Å². The smallest absolute Gasteiger partial charge is 0.430 e. The Morgan fingerprint density at radius 2 is 1.40 bits per heavy atom. The van der Waals surface area contributed by atoms with Crippen LogP contribution in [0.2, 0.25) is 30.1 Å². The normalized spacial score (nSPS) is 15.4. The summed E-state index contributed by atoms with van der Waals surface area (Å²) in [7, 11) is 0. The summed E-state index contributed by atoms with van der Waals surface area (Å²) in [4.78, 5) is 10.9. The van der Waals surface area contributed by atoms with Crippen LogP contribution in [0.5, 0.6) is 11.5 Å². The van der Waals surface area contributed by atoms with E-state index < -0.39 is 23.8 Å². The number of aliphatic carboxylic acids is 1. The van der Waals surface area contributed by atoms with E-state index in [1.807, 2.05) is 0 Å². The predicted octanol–water partition coefficient (Wildman–Crippen LogP) is 7.79. The van der Waals surface area contributed by atoms with E-state index in [4.69, 9.17) is 79.8 Å². The number of benzene rings is 2. The van der Waals surface area contributed by atoms with E-state index in [-0.39, 0.29) is 47.2 Å². The van der Waals surface area contributed by atoms with Gasteiger partial charge in [0, 0.05) is 23.8 Å². The second kappa shape index (κ2) is 9.51. The van der Waals surface area contributed by atoms with E-state index in [0.29, 0.717) is 0 Å². The molecule has 13 heteroatoms. The molecule has 0 amide bonds. The quantitative estimate of drug-likeness (QED) is 0.360. The van der Waals surface area contributed by atoms with Crippen molar-refractivity contribution in [2.24, 2.45) is 0 Å². The van der Waals surface area contributed by atoms with E-state index >= 15 is 0 Å². The number of alkyl halides is 3. The van der Waals surface area contributed by atoms with E-state index in [1.165, 1.54) is 12.1 Å². The molecule has 0 spiro atoms. The van der Waals surface area contributed by atoms with Crippen molar-refractivity contribution in [2.75, 3.05) is 0 Å². The molecule has 1 aliphatic heterocycles. The minimum absolute atomic E-state index is 0.0133. The molecule has 1 aliphatic rings. The zero-order valence-corrected chi connectivity index (χ0v) is 18.5. The maximum absolute atomic E-state index is 12.8. The van der Waals surface area contributed by atoms with Crippen molar-refractivity contribution >= 4 is 81.7 Å². The molecule has 30 heavy (non-hydrogen) atoms. The Morgan fingerprint density at radius 1 is 0.900 bits per heavy atom. The van der Waals surface area contributed by atoms with Crippen molar-refractivity contribution < 1.29 is 32.9 Å². The molecule has 1 atom stereocenters. The molecular formula is C17H7Cl6F3O4. The fourth-order valence-electron chi connectivity index (χ4n) is 2.20. The number of carbonyl (C=O) groups is 1. The summed E-state index contributed by atoms with van der Waals surface area (Å²) < 4.78 is 43.1. The Bertz CT molecular complexity index is 1020. The number of fused-ring (bicyclic) bond motifs is 1. The molecule has 0 aromatic heterocycles. The Hall–Kier alpha value is -1.22. The van der Waals surface area contributed by atoms with Crippen molar-refractivity contribution in [2.45, 2.75) is 12.3 Å². The summed E-state index contributed by atoms with van der Waals surface area (Å²) >= 11 is 33.9. The molecule has 3 rings (SSSR count). The van der Waals surface area contributed by atoms with Gasteiger partial charge in [0.25, 0.3) is 0 Å². The fraction of sp³-hybridized carbons (Fsp3) is 0.118. The molecule has 0 radical (unpaired) electrons. The number of rotatable bonds is 1. The van der Waals surface area contributed by atoms with Crippen LogP contribution < -0.4 is 4.74 Å². The van der Waals surface area contributed by atoms with Crippen LogP contribution in [0, 0.1) is 0 Å². The number of ether oxygens (including phenoxy) is 1. The van der Waals surface area contributed by atoms with Crippen LogP contribution >= 0.6 is 69.6 Å². The van der Waals surface area contributed by atoms with E-state index in [9.17, 15) is 18.0 Å². The number of carboxylic acids is 1. The second-order valence-corrected chi connectivity index (χ2v) is 7.92. The molecule has 0 bridgehead atoms. The van der Waals surface area contributed by atoms with Crippen LogP contribution in [-0.2, 0) is 4.79 Å². The summed E-state index contributed by atoms with van der Waals surface area (Å²) in [5, 5.41) is 18.2. The van der Waals surface area contributed by atoms with Gasteiger partial charge in [0.2, 0.25) is 6.10 Å². The Kier molecular flexibility index (Phi) is 7.94. The Balaban J connectivity index is 0.000000269. The molecule has 0 saturated carbocycles. The van der Waals surface area contributed by atoms with Crippen LogP contribution in [-0.4, -0.2) is 28.5 Å². The molecule has 1 unspecified atom stereocenters. The molecule has 4 nitrogen and oxygen atoms in total. The van der Waals surface area contributed by atoms with Crippen LogP contribution in [0.25, 0.3) is 6.08 Å². The summed E-state index contributed by atoms with van der Waals surface area (Å²) in [6.07, 6.45) is -6.70. The van der Waals surface area contributed by atoms with Crippen molar-refractivity contribution in [3.05, 3.63) is 59.5 Å². The molecule has 162 valence electrons. The van der Waals surface area contributed by atoms with Gasteiger partial charge < -0.3 is 14.9 Å². The van der Waals surface area contributed by atoms with Gasteiger partial charge in [-0.2, -0.15) is 13.2 Å². The van der Waals surface area contributed by atoms with Gasteiger partial charge in [0.1, 0.15) is 11.5 Å². The number of halogens is 9. The fourth-order valence-corrected chi connectivity index (χ4v) is 3.43. The average Bonchev–Trinajstić information content (AvgIpc) is 2.63. The number of hydrogen-bond acceptors (Lipinski definition) is 3. The van der Waals surface area contributed by atoms with E-state index in [1.54, 1.807) is 0 Å². The Morgan fingerprint density at radius 3 is 1.87 bits per heavy atom. The van der Waals surface area contributed by atoms with Gasteiger partial charge >= 0.3 is 12.1 Å². The predicted molar refractivity (Wildman–Crippen MR) is 111 cm³/mol. The SMILES string of the molecule is O=C(O)C1=Cc2c(cc(Cl)c(Cl)c2Cl)OC1C(F)(F)F.Oc1cc(Cl)c(Cl)c(Cl)c1. The highest BCUT2D eigenvalue weighted by Gasteiger charge is 2.48. The monoisotopic (exact) mass is 542 g/mol. The summed E-state index contributed by atoms with van der Waals surface area (Å²) in [5.74, 6) is -2.03. The van der Waals surface area contributed by atoms with Gasteiger partial charge in [0.05, 0.1) is 35.7 Å². The highest BCUT2D eigenvalue weighted by Crippen LogP contribution is 2.45. The lowest BCUT2D eigenvalue weighted by Gasteiger charge is -2.27. The molecule has 0 fully saturated rings. The second-order valence-electron chi connectivity index (χ2n) is 5.57. The van der Waals surface area contributed by atoms with Crippen LogP contribution in [0.3, 0.4) is 0 Å². The van der Waals surface area contributed by atoms with Crippen LogP contribution in [0.1, 0.15) is 5.56 Å². The van der Waals surface area contributed by atoms with Gasteiger partial charge in [-0.05, 0) is 6.08 Å². The van der Waals surface area contributed by atoms with Crippen LogP contribution in [0.4, 0.5) is 13.2 Å². The summed E-state index contributed by atoms with van der Waals surface area (Å²) in [6.45, 7) is 0. The molecule has 0 aliphatic carbocycles. The minimum Gasteiger partial charge on any atom is -0.508 e. The zero-order chi connectivity index (χ0) is 23.0. The van der Waals surface area contributed by atoms with Crippen LogP contribution in [0.15, 0.2) is 23.8 Å². The first-order valence-electron chi connectivity index (χ1n) is 7.43. The minimum atomic E-state index is -4.89. The lowest BCUT2D eigenvalue weighted by molar-refractivity contribution is -0.187. The van der Waals surface area contributed by atoms with E-state index in [0.717, 1.165) is 12.1 Å². The molecule has 2 N–H and O–H groups in total. The third kappa shape index (κ3) is 5.52.